The highest BCUT2D eigenvalue weighted by molar-refractivity contribution is 6.68. The summed E-state index contributed by atoms with van der Waals surface area (Å²) in [4.78, 5) is 59.0. The molecule has 2 aromatic rings. The fraction of sp³-hybridized carbons (Fsp3) is 0.545. The maximum Gasteiger partial charge on any atom is 0.415 e. The van der Waals surface area contributed by atoms with Gasteiger partial charge in [-0.1, -0.05) is 23.2 Å². The molecule has 2 aliphatic heterocycles. The summed E-state index contributed by atoms with van der Waals surface area (Å²) in [6, 6.07) is 2.10. The number of ketones is 1. The van der Waals surface area contributed by atoms with E-state index in [-0.39, 0.29) is 21.7 Å². The number of nitrogens with zero attached hydrogens (tertiary/aromatic N) is 7. The fourth-order valence-electron chi connectivity index (χ4n) is 4.49. The second-order valence-electron chi connectivity index (χ2n) is 14.4. The van der Waals surface area contributed by atoms with Crippen molar-refractivity contribution in [2.24, 2.45) is 16.6 Å². The number of amides is 2. The highest BCUT2D eigenvalue weighted by atomic mass is 35.5. The van der Waals surface area contributed by atoms with Crippen LogP contribution in [0.15, 0.2) is 40.9 Å². The Morgan fingerprint density at radius 2 is 1.57 bits per heavy atom. The van der Waals surface area contributed by atoms with Gasteiger partial charge >= 0.3 is 18.2 Å². The Balaban J connectivity index is 0.000000207. The zero-order valence-corrected chi connectivity index (χ0v) is 31.4. The number of ether oxygens (including phenoxy) is 2. The number of carboxylic acid groups (broad SMARTS) is 1. The van der Waals surface area contributed by atoms with Crippen molar-refractivity contribution in [3.63, 3.8) is 0 Å². The summed E-state index contributed by atoms with van der Waals surface area (Å²) < 4.78 is 12.1. The molecule has 278 valence electrons. The van der Waals surface area contributed by atoms with Crippen molar-refractivity contribution in [2.75, 3.05) is 19.0 Å². The molecule has 51 heavy (non-hydrogen) atoms. The number of halogens is 2. The summed E-state index contributed by atoms with van der Waals surface area (Å²) in [5.41, 5.74) is 7.51. The molecule has 4 heterocycles. The monoisotopic (exact) mass is 749 g/mol. The Hall–Kier alpha value is -4.41. The third-order valence-electron chi connectivity index (χ3n) is 7.41. The SMILES string of the molecule is CN(C(=O)OC(C)(C)C)C1=CC(Cl)=NC2C(C(=O)O)=CNN12.CN(C(=O)OC(C)(C)C)c1cc(Cl)nc2c(C(=O)CC3CC3)cnn12.NC1CC1. The third kappa shape index (κ3) is 10.8. The number of carbonyl (C=O) groups excluding carboxylic acids is 3. The van der Waals surface area contributed by atoms with Gasteiger partial charge in [0.25, 0.3) is 0 Å². The zero-order valence-electron chi connectivity index (χ0n) is 29.9. The van der Waals surface area contributed by atoms with Gasteiger partial charge in [0, 0.05) is 44.9 Å². The Bertz CT molecular complexity index is 1770. The van der Waals surface area contributed by atoms with Gasteiger partial charge in [-0.15, -0.1) is 0 Å². The summed E-state index contributed by atoms with van der Waals surface area (Å²) in [5.74, 6) is 0.0690. The Labute approximate surface area is 306 Å². The molecule has 0 bridgehead atoms. The van der Waals surface area contributed by atoms with Crippen LogP contribution in [0.2, 0.25) is 5.15 Å². The molecule has 4 N–H and O–H groups in total. The standard InChI is InChI=1S/C17H21ClN4O3.C13H17ClN4O4.C3H7N/c1-17(2,3)25-16(24)21(4)14-8-13(18)20-15-11(9-19-22(14)15)12(23)7-10-5-6-10;1-13(2,3)22-12(21)17(4)9-5-8(14)16-10-7(11(19)20)6-15-18(9)10;4-3-1-2-3/h8-10H,5-7H2,1-4H3;5-6,10,15H,1-4H3,(H,19,20);3H,1-2,4H2. The van der Waals surface area contributed by atoms with Crippen LogP contribution in [0, 0.1) is 5.92 Å². The van der Waals surface area contributed by atoms with E-state index in [1.54, 1.807) is 48.6 Å². The van der Waals surface area contributed by atoms with Crippen molar-refractivity contribution in [2.45, 2.75) is 97.1 Å². The van der Waals surface area contributed by atoms with E-state index >= 15 is 0 Å². The number of fused-ring (bicyclic) bond motifs is 2. The molecule has 0 radical (unpaired) electrons. The van der Waals surface area contributed by atoms with Crippen molar-refractivity contribution in [3.05, 3.63) is 46.6 Å². The second kappa shape index (κ2) is 15.5. The first-order chi connectivity index (χ1) is 23.6. The smallest absolute Gasteiger partial charge is 0.415 e. The van der Waals surface area contributed by atoms with E-state index in [0.717, 1.165) is 12.8 Å². The molecule has 1 atom stereocenters. The first kappa shape index (κ1) is 39.4. The van der Waals surface area contributed by atoms with E-state index in [0.29, 0.717) is 41.2 Å². The predicted octanol–water partition coefficient (Wildman–Crippen LogP) is 5.30. The number of hydrazine groups is 1. The molecule has 2 saturated carbocycles. The van der Waals surface area contributed by atoms with Crippen molar-refractivity contribution >= 4 is 63.8 Å². The van der Waals surface area contributed by atoms with Crippen molar-refractivity contribution in [3.8, 4) is 0 Å². The number of anilines is 1. The van der Waals surface area contributed by atoms with Crippen LogP contribution in [0.1, 0.15) is 84.0 Å². The molecule has 0 spiro atoms. The molecule has 2 amide bonds. The lowest BCUT2D eigenvalue weighted by molar-refractivity contribution is -0.133. The number of aliphatic carboxylic acids is 1. The molecular weight excluding hydrogens is 705 g/mol. The molecule has 2 aromatic heterocycles. The topological polar surface area (TPSA) is 197 Å². The minimum absolute atomic E-state index is 0.00172. The molecule has 0 aromatic carbocycles. The van der Waals surface area contributed by atoms with Gasteiger partial charge in [-0.2, -0.15) is 9.61 Å². The van der Waals surface area contributed by atoms with Crippen LogP contribution in [-0.2, 0) is 14.3 Å². The van der Waals surface area contributed by atoms with Crippen LogP contribution in [0.3, 0.4) is 0 Å². The molecule has 1 unspecified atom stereocenters. The lowest BCUT2D eigenvalue weighted by atomic mass is 10.1. The summed E-state index contributed by atoms with van der Waals surface area (Å²) >= 11 is 12.1. The molecule has 4 aliphatic rings. The number of carbonyl (C=O) groups is 4. The molecule has 2 fully saturated rings. The van der Waals surface area contributed by atoms with Gasteiger partial charge in [0.05, 0.1) is 11.8 Å². The van der Waals surface area contributed by atoms with Crippen LogP contribution in [-0.4, -0.2) is 96.2 Å². The number of rotatable bonds is 6. The average Bonchev–Trinajstić information content (AvgIpc) is 3.91. The van der Waals surface area contributed by atoms with Crippen LogP contribution < -0.4 is 16.1 Å². The number of nitrogens with one attached hydrogen (secondary N) is 1. The van der Waals surface area contributed by atoms with Gasteiger partial charge in [0.15, 0.2) is 17.6 Å². The lowest BCUT2D eigenvalue weighted by Crippen LogP contribution is -2.47. The van der Waals surface area contributed by atoms with Gasteiger partial charge in [-0.05, 0) is 73.1 Å². The zero-order chi connectivity index (χ0) is 38.0. The lowest BCUT2D eigenvalue weighted by Gasteiger charge is -2.35. The second-order valence-corrected chi connectivity index (χ2v) is 15.2. The van der Waals surface area contributed by atoms with E-state index in [2.05, 4.69) is 20.5 Å². The van der Waals surface area contributed by atoms with Gasteiger partial charge in [-0.25, -0.2) is 29.4 Å². The van der Waals surface area contributed by atoms with Gasteiger partial charge in [-0.3, -0.25) is 14.6 Å². The number of aliphatic imine (C=N–C) groups is 1. The molecule has 0 saturated heterocycles. The molecule has 6 rings (SSSR count). The van der Waals surface area contributed by atoms with Gasteiger partial charge in [0.2, 0.25) is 0 Å². The molecule has 2 aliphatic carbocycles. The minimum Gasteiger partial charge on any atom is -0.478 e. The number of allylic oxidation sites excluding steroid dienone is 1. The van der Waals surface area contributed by atoms with E-state index in [1.165, 1.54) is 63.8 Å². The highest BCUT2D eigenvalue weighted by Gasteiger charge is 2.39. The largest absolute Gasteiger partial charge is 0.478 e. The van der Waals surface area contributed by atoms with E-state index in [4.69, 9.17) is 43.5 Å². The summed E-state index contributed by atoms with van der Waals surface area (Å²) in [6.07, 6.45) is 7.47. The number of nitrogens with two attached hydrogens (primary N) is 1. The van der Waals surface area contributed by atoms with E-state index in [9.17, 15) is 19.2 Å². The Morgan fingerprint density at radius 1 is 1.00 bits per heavy atom. The molecular formula is C33H45Cl2N9O7. The number of hydrogen-bond donors (Lipinski definition) is 3. The van der Waals surface area contributed by atoms with Crippen molar-refractivity contribution in [1.29, 1.82) is 0 Å². The number of hydrogen-bond acceptors (Lipinski definition) is 12. The minimum atomic E-state index is -1.12. The van der Waals surface area contributed by atoms with Crippen LogP contribution in [0.4, 0.5) is 15.4 Å². The summed E-state index contributed by atoms with van der Waals surface area (Å²) in [7, 11) is 3.07. The highest BCUT2D eigenvalue weighted by Crippen LogP contribution is 2.34. The molecule has 16 nitrogen and oxygen atoms in total. The normalized spacial score (nSPS) is 18.0. The van der Waals surface area contributed by atoms with Crippen LogP contribution in [0.25, 0.3) is 5.65 Å². The van der Waals surface area contributed by atoms with Gasteiger partial charge < -0.3 is 25.7 Å². The maximum absolute atomic E-state index is 12.4. The number of Topliss-reactive ketones (excluding diaryl/α,β-unsaturated/α-hetero) is 1. The number of aromatic nitrogens is 3. The molecule has 18 heteroatoms. The maximum atomic E-state index is 12.4. The van der Waals surface area contributed by atoms with E-state index in [1.807, 2.05) is 0 Å². The first-order valence-electron chi connectivity index (χ1n) is 16.4. The average molecular weight is 751 g/mol. The third-order valence-corrected chi connectivity index (χ3v) is 7.81. The first-order valence-corrected chi connectivity index (χ1v) is 17.1. The van der Waals surface area contributed by atoms with Crippen LogP contribution >= 0.6 is 23.2 Å². The number of carboxylic acids is 1. The van der Waals surface area contributed by atoms with Crippen LogP contribution in [0.5, 0.6) is 0 Å². The van der Waals surface area contributed by atoms with E-state index < -0.39 is 35.5 Å². The Kier molecular flexibility index (Phi) is 11.9. The van der Waals surface area contributed by atoms with Crippen molar-refractivity contribution < 1.29 is 33.8 Å². The summed E-state index contributed by atoms with van der Waals surface area (Å²) in [6.45, 7) is 10.6. The summed E-state index contributed by atoms with van der Waals surface area (Å²) in [5, 5.41) is 15.1. The predicted molar refractivity (Wildman–Crippen MR) is 191 cm³/mol. The van der Waals surface area contributed by atoms with Crippen molar-refractivity contribution in [1.82, 2.24) is 29.9 Å². The van der Waals surface area contributed by atoms with Gasteiger partial charge in [0.1, 0.15) is 38.7 Å². The Morgan fingerprint density at radius 3 is 2.08 bits per heavy atom. The quantitative estimate of drug-likeness (QED) is 0.255. The fourth-order valence-corrected chi connectivity index (χ4v) is 4.86.